The molecule has 0 aromatic heterocycles. The molecule has 0 unspecified atom stereocenters. The van der Waals surface area contributed by atoms with Gasteiger partial charge in [0.15, 0.2) is 0 Å². The fourth-order valence-corrected chi connectivity index (χ4v) is 2.15. The summed E-state index contributed by atoms with van der Waals surface area (Å²) in [5.74, 6) is -0.899. The Bertz CT molecular complexity index is 588. The lowest BCUT2D eigenvalue weighted by atomic mass is 10.00. The lowest BCUT2D eigenvalue weighted by Gasteiger charge is -2.16. The molecule has 0 aliphatic carbocycles. The number of nitrogens with one attached hydrogen (secondary N) is 3. The van der Waals surface area contributed by atoms with Gasteiger partial charge in [-0.1, -0.05) is 23.8 Å². The minimum atomic E-state index is -4.47. The summed E-state index contributed by atoms with van der Waals surface area (Å²) in [6.45, 7) is 3.86. The molecule has 134 valence electrons. The number of halogens is 3. The van der Waals surface area contributed by atoms with Crippen LogP contribution in [0.4, 0.5) is 18.0 Å². The van der Waals surface area contributed by atoms with Crippen molar-refractivity contribution in [3.05, 3.63) is 34.9 Å². The molecule has 8 heteroatoms. The predicted octanol–water partition coefficient (Wildman–Crippen LogP) is 2.21. The maximum atomic E-state index is 11.9. The molecule has 3 N–H and O–H groups in total. The molecule has 24 heavy (non-hydrogen) atoms. The summed E-state index contributed by atoms with van der Waals surface area (Å²) in [6.07, 6.45) is -3.86. The van der Waals surface area contributed by atoms with Crippen molar-refractivity contribution < 1.29 is 22.8 Å². The molecule has 0 aliphatic rings. The van der Waals surface area contributed by atoms with Gasteiger partial charge >= 0.3 is 12.2 Å². The van der Waals surface area contributed by atoms with Crippen molar-refractivity contribution in [2.45, 2.75) is 39.4 Å². The highest BCUT2D eigenvalue weighted by Gasteiger charge is 2.27. The molecule has 5 nitrogen and oxygen atoms in total. The van der Waals surface area contributed by atoms with Gasteiger partial charge in [-0.3, -0.25) is 4.79 Å². The second-order valence-corrected chi connectivity index (χ2v) is 5.75. The zero-order valence-electron chi connectivity index (χ0n) is 13.9. The van der Waals surface area contributed by atoms with E-state index in [1.165, 1.54) is 0 Å². The van der Waals surface area contributed by atoms with E-state index in [1.807, 2.05) is 39.0 Å². The highest BCUT2D eigenvalue weighted by Crippen LogP contribution is 2.13. The van der Waals surface area contributed by atoms with Crippen LogP contribution in [0.5, 0.6) is 0 Å². The summed E-state index contributed by atoms with van der Waals surface area (Å²) in [5, 5.41) is 6.55. The van der Waals surface area contributed by atoms with Gasteiger partial charge in [0.05, 0.1) is 6.54 Å². The summed E-state index contributed by atoms with van der Waals surface area (Å²) in [4.78, 5) is 22.9. The number of hydrogen-bond acceptors (Lipinski definition) is 2. The third-order valence-corrected chi connectivity index (χ3v) is 3.30. The molecular weight excluding hydrogens is 323 g/mol. The van der Waals surface area contributed by atoms with Crippen LogP contribution in [0, 0.1) is 13.8 Å². The van der Waals surface area contributed by atoms with Crippen LogP contribution in [0.25, 0.3) is 0 Å². The van der Waals surface area contributed by atoms with Gasteiger partial charge in [0.25, 0.3) is 0 Å². The van der Waals surface area contributed by atoms with Crippen LogP contribution in [0.2, 0.25) is 0 Å². The SMILES string of the molecule is Cc1ccc(C[C@H](C)NC(=O)NCC(=O)NCC(F)(F)F)c(C)c1. The van der Waals surface area contributed by atoms with Crippen molar-refractivity contribution in [2.24, 2.45) is 0 Å². The second kappa shape index (κ2) is 8.56. The Hall–Kier alpha value is -2.25. The Morgan fingerprint density at radius 2 is 1.83 bits per heavy atom. The van der Waals surface area contributed by atoms with Gasteiger partial charge in [0, 0.05) is 6.04 Å². The first kappa shape index (κ1) is 19.8. The summed E-state index contributed by atoms with van der Waals surface area (Å²) in [6, 6.07) is 5.23. The first-order valence-corrected chi connectivity index (χ1v) is 7.51. The van der Waals surface area contributed by atoms with Crippen molar-refractivity contribution in [1.29, 1.82) is 0 Å². The molecule has 1 rings (SSSR count). The molecule has 0 saturated heterocycles. The number of aryl methyl sites for hydroxylation is 2. The number of carbonyl (C=O) groups is 2. The normalized spacial score (nSPS) is 12.4. The number of urea groups is 1. The Kier molecular flexibility index (Phi) is 7.06. The number of carbonyl (C=O) groups excluding carboxylic acids is 2. The van der Waals surface area contributed by atoms with Crippen molar-refractivity contribution in [3.63, 3.8) is 0 Å². The van der Waals surface area contributed by atoms with Crippen LogP contribution in [-0.2, 0) is 11.2 Å². The smallest absolute Gasteiger partial charge is 0.345 e. The van der Waals surface area contributed by atoms with Gasteiger partial charge in [-0.05, 0) is 38.3 Å². The molecule has 0 aliphatic heterocycles. The van der Waals surface area contributed by atoms with Crippen molar-refractivity contribution >= 4 is 11.9 Å². The van der Waals surface area contributed by atoms with E-state index >= 15 is 0 Å². The molecule has 0 fully saturated rings. The monoisotopic (exact) mass is 345 g/mol. The second-order valence-electron chi connectivity index (χ2n) is 5.75. The topological polar surface area (TPSA) is 70.2 Å². The average molecular weight is 345 g/mol. The van der Waals surface area contributed by atoms with Crippen molar-refractivity contribution in [1.82, 2.24) is 16.0 Å². The summed E-state index contributed by atoms with van der Waals surface area (Å²) >= 11 is 0. The highest BCUT2D eigenvalue weighted by atomic mass is 19.4. The number of alkyl halides is 3. The Morgan fingerprint density at radius 3 is 2.42 bits per heavy atom. The summed E-state index contributed by atoms with van der Waals surface area (Å²) < 4.78 is 35.8. The zero-order chi connectivity index (χ0) is 18.3. The van der Waals surface area contributed by atoms with Crippen LogP contribution in [0.3, 0.4) is 0 Å². The average Bonchev–Trinajstić information content (AvgIpc) is 2.45. The summed E-state index contributed by atoms with van der Waals surface area (Å²) in [7, 11) is 0. The van der Waals surface area contributed by atoms with Crippen LogP contribution in [0.1, 0.15) is 23.6 Å². The first-order valence-electron chi connectivity index (χ1n) is 7.51. The molecule has 0 saturated carbocycles. The van der Waals surface area contributed by atoms with E-state index < -0.39 is 31.2 Å². The third-order valence-electron chi connectivity index (χ3n) is 3.30. The van der Waals surface area contributed by atoms with Gasteiger partial charge in [0.2, 0.25) is 5.91 Å². The molecular formula is C16H22F3N3O2. The standard InChI is InChI=1S/C16H22F3N3O2/c1-10-4-5-13(11(2)6-10)7-12(3)22-15(24)20-8-14(23)21-9-16(17,18)19/h4-6,12H,7-9H2,1-3H3,(H,21,23)(H2,20,22,24)/t12-/m0/s1. The molecule has 0 heterocycles. The molecule has 1 aromatic carbocycles. The van der Waals surface area contributed by atoms with E-state index in [4.69, 9.17) is 0 Å². The quantitative estimate of drug-likeness (QED) is 0.740. The summed E-state index contributed by atoms with van der Waals surface area (Å²) in [5.41, 5.74) is 3.37. The van der Waals surface area contributed by atoms with E-state index in [-0.39, 0.29) is 6.04 Å². The van der Waals surface area contributed by atoms with E-state index in [2.05, 4.69) is 10.6 Å². The van der Waals surface area contributed by atoms with Crippen LogP contribution < -0.4 is 16.0 Å². The molecule has 3 amide bonds. The maximum absolute atomic E-state index is 11.9. The molecule has 0 bridgehead atoms. The van der Waals surface area contributed by atoms with Gasteiger partial charge in [-0.15, -0.1) is 0 Å². The zero-order valence-corrected chi connectivity index (χ0v) is 13.9. The molecule has 0 radical (unpaired) electrons. The largest absolute Gasteiger partial charge is 0.405 e. The molecule has 1 atom stereocenters. The Morgan fingerprint density at radius 1 is 1.17 bits per heavy atom. The lowest BCUT2D eigenvalue weighted by molar-refractivity contribution is -0.137. The Labute approximate surface area is 139 Å². The maximum Gasteiger partial charge on any atom is 0.405 e. The fourth-order valence-electron chi connectivity index (χ4n) is 2.15. The first-order chi connectivity index (χ1) is 11.1. The van der Waals surface area contributed by atoms with Crippen molar-refractivity contribution in [3.8, 4) is 0 Å². The van der Waals surface area contributed by atoms with Crippen molar-refractivity contribution in [2.75, 3.05) is 13.1 Å². The Balaban J connectivity index is 2.35. The number of rotatable bonds is 6. The minimum absolute atomic E-state index is 0.190. The van der Waals surface area contributed by atoms with Crippen LogP contribution in [-0.4, -0.2) is 37.2 Å². The van der Waals surface area contributed by atoms with E-state index in [0.29, 0.717) is 6.42 Å². The van der Waals surface area contributed by atoms with Gasteiger partial charge in [-0.25, -0.2) is 4.79 Å². The highest BCUT2D eigenvalue weighted by molar-refractivity contribution is 5.83. The van der Waals surface area contributed by atoms with E-state index in [9.17, 15) is 22.8 Å². The van der Waals surface area contributed by atoms with E-state index in [1.54, 1.807) is 5.32 Å². The van der Waals surface area contributed by atoms with Gasteiger partial charge < -0.3 is 16.0 Å². The fraction of sp³-hybridized carbons (Fsp3) is 0.500. The lowest BCUT2D eigenvalue weighted by Crippen LogP contribution is -2.46. The van der Waals surface area contributed by atoms with E-state index in [0.717, 1.165) is 16.7 Å². The number of benzene rings is 1. The third kappa shape index (κ3) is 7.85. The van der Waals surface area contributed by atoms with Crippen LogP contribution >= 0.6 is 0 Å². The van der Waals surface area contributed by atoms with Gasteiger partial charge in [0.1, 0.15) is 6.54 Å². The minimum Gasteiger partial charge on any atom is -0.345 e. The van der Waals surface area contributed by atoms with Crippen LogP contribution in [0.15, 0.2) is 18.2 Å². The molecule has 0 spiro atoms. The number of amides is 3. The van der Waals surface area contributed by atoms with Gasteiger partial charge in [-0.2, -0.15) is 13.2 Å². The molecule has 1 aromatic rings. The number of hydrogen-bond donors (Lipinski definition) is 3. The predicted molar refractivity (Wildman–Crippen MR) is 84.7 cm³/mol.